The van der Waals surface area contributed by atoms with E-state index in [1.807, 2.05) is 19.1 Å². The average molecular weight is 192 g/mol. The summed E-state index contributed by atoms with van der Waals surface area (Å²) in [5.74, 6) is 0.261. The molecule has 68 valence electrons. The molecule has 1 heterocycles. The van der Waals surface area contributed by atoms with Crippen molar-refractivity contribution >= 4 is 21.4 Å². The molecule has 0 bridgehead atoms. The molecule has 0 aliphatic heterocycles. The zero-order valence-electron chi connectivity index (χ0n) is 7.53. The van der Waals surface area contributed by atoms with Gasteiger partial charge in [0, 0.05) is 15.5 Å². The Morgan fingerprint density at radius 3 is 2.85 bits per heavy atom. The molecule has 0 saturated heterocycles. The molecule has 13 heavy (non-hydrogen) atoms. The van der Waals surface area contributed by atoms with E-state index in [1.54, 1.807) is 11.3 Å². The first-order valence-electron chi connectivity index (χ1n) is 4.40. The van der Waals surface area contributed by atoms with Crippen molar-refractivity contribution in [2.75, 3.05) is 6.61 Å². The van der Waals surface area contributed by atoms with Crippen molar-refractivity contribution in [3.05, 3.63) is 35.2 Å². The van der Waals surface area contributed by atoms with Crippen LogP contribution in [-0.2, 0) is 0 Å². The molecule has 1 N–H and O–H groups in total. The Morgan fingerprint density at radius 1 is 1.38 bits per heavy atom. The highest BCUT2D eigenvalue weighted by Gasteiger charge is 2.07. The van der Waals surface area contributed by atoms with E-state index in [4.69, 9.17) is 5.11 Å². The maximum atomic E-state index is 9.02. The van der Waals surface area contributed by atoms with Crippen molar-refractivity contribution in [3.8, 4) is 0 Å². The smallest absolute Gasteiger partial charge is 0.0504 e. The fourth-order valence-corrected chi connectivity index (χ4v) is 2.44. The molecule has 0 spiro atoms. The summed E-state index contributed by atoms with van der Waals surface area (Å²) in [6.07, 6.45) is 0. The lowest BCUT2D eigenvalue weighted by Gasteiger charge is -2.01. The summed E-state index contributed by atoms with van der Waals surface area (Å²) >= 11 is 1.77. The van der Waals surface area contributed by atoms with Crippen molar-refractivity contribution < 1.29 is 5.11 Å². The van der Waals surface area contributed by atoms with Gasteiger partial charge in [-0.25, -0.2) is 0 Å². The molecule has 1 aromatic carbocycles. The Labute approximate surface area is 81.6 Å². The van der Waals surface area contributed by atoms with Gasteiger partial charge in [-0.2, -0.15) is 0 Å². The molecular weight excluding hydrogens is 180 g/mol. The Kier molecular flexibility index (Phi) is 2.34. The minimum Gasteiger partial charge on any atom is -0.396 e. The van der Waals surface area contributed by atoms with Gasteiger partial charge in [0.15, 0.2) is 0 Å². The first-order chi connectivity index (χ1) is 6.31. The summed E-state index contributed by atoms with van der Waals surface area (Å²) in [5, 5.41) is 10.3. The molecule has 0 aliphatic carbocycles. The molecule has 0 saturated carbocycles. The molecule has 0 amide bonds. The minimum atomic E-state index is 0.229. The first kappa shape index (κ1) is 8.73. The molecule has 1 aromatic heterocycles. The lowest BCUT2D eigenvalue weighted by Crippen LogP contribution is -1.94. The van der Waals surface area contributed by atoms with Crippen molar-refractivity contribution in [3.63, 3.8) is 0 Å². The molecule has 0 fully saturated rings. The number of aliphatic hydroxyl groups excluding tert-OH is 1. The Morgan fingerprint density at radius 2 is 2.15 bits per heavy atom. The summed E-state index contributed by atoms with van der Waals surface area (Å²) in [4.78, 5) is 1.27. The Balaban J connectivity index is 2.49. The van der Waals surface area contributed by atoms with E-state index in [9.17, 15) is 0 Å². The van der Waals surface area contributed by atoms with Crippen LogP contribution < -0.4 is 0 Å². The van der Waals surface area contributed by atoms with Crippen LogP contribution in [0.4, 0.5) is 0 Å². The molecule has 1 unspecified atom stereocenters. The summed E-state index contributed by atoms with van der Waals surface area (Å²) in [5.41, 5.74) is 0. The number of fused-ring (bicyclic) bond motifs is 1. The number of benzene rings is 1. The third-order valence-electron chi connectivity index (χ3n) is 2.20. The Hall–Kier alpha value is -0.860. The number of hydrogen-bond donors (Lipinski definition) is 1. The second-order valence-corrected chi connectivity index (χ2v) is 4.39. The van der Waals surface area contributed by atoms with E-state index in [0.29, 0.717) is 0 Å². The number of aliphatic hydroxyl groups is 1. The van der Waals surface area contributed by atoms with Gasteiger partial charge in [0.1, 0.15) is 0 Å². The normalized spacial score (nSPS) is 13.4. The van der Waals surface area contributed by atoms with E-state index in [2.05, 4.69) is 18.2 Å². The van der Waals surface area contributed by atoms with Gasteiger partial charge in [0.25, 0.3) is 0 Å². The third kappa shape index (κ3) is 1.60. The van der Waals surface area contributed by atoms with Gasteiger partial charge in [-0.3, -0.25) is 0 Å². The molecule has 2 heteroatoms. The van der Waals surface area contributed by atoms with Crippen LogP contribution in [-0.4, -0.2) is 11.7 Å². The standard InChI is InChI=1S/C11H12OS/c1-8(7-12)11-6-9-4-2-3-5-10(9)13-11/h2-6,8,12H,7H2,1H3. The van der Waals surface area contributed by atoms with Gasteiger partial charge in [-0.1, -0.05) is 25.1 Å². The topological polar surface area (TPSA) is 20.2 Å². The molecule has 1 nitrogen and oxygen atoms in total. The summed E-state index contributed by atoms with van der Waals surface area (Å²) < 4.78 is 1.30. The average Bonchev–Trinajstić information content (AvgIpc) is 2.59. The zero-order valence-corrected chi connectivity index (χ0v) is 8.34. The van der Waals surface area contributed by atoms with E-state index < -0.39 is 0 Å². The quantitative estimate of drug-likeness (QED) is 0.775. The fraction of sp³-hybridized carbons (Fsp3) is 0.273. The number of thiophene rings is 1. The highest BCUT2D eigenvalue weighted by Crippen LogP contribution is 2.30. The first-order valence-corrected chi connectivity index (χ1v) is 5.22. The van der Waals surface area contributed by atoms with Gasteiger partial charge in [-0.05, 0) is 17.5 Å². The SMILES string of the molecule is CC(CO)c1cc2ccccc2s1. The second-order valence-electron chi connectivity index (χ2n) is 3.27. The van der Waals surface area contributed by atoms with Crippen LogP contribution >= 0.6 is 11.3 Å². The summed E-state index contributed by atoms with van der Waals surface area (Å²) in [7, 11) is 0. The van der Waals surface area contributed by atoms with Crippen LogP contribution in [0, 0.1) is 0 Å². The van der Waals surface area contributed by atoms with Crippen LogP contribution in [0.5, 0.6) is 0 Å². The summed E-state index contributed by atoms with van der Waals surface area (Å²) in [6.45, 7) is 2.28. The number of hydrogen-bond acceptors (Lipinski definition) is 2. The molecule has 0 aliphatic rings. The highest BCUT2D eigenvalue weighted by atomic mass is 32.1. The van der Waals surface area contributed by atoms with Gasteiger partial charge in [0.2, 0.25) is 0 Å². The highest BCUT2D eigenvalue weighted by molar-refractivity contribution is 7.19. The maximum absolute atomic E-state index is 9.02. The lowest BCUT2D eigenvalue weighted by molar-refractivity contribution is 0.274. The van der Waals surface area contributed by atoms with Gasteiger partial charge >= 0.3 is 0 Å². The molecule has 0 radical (unpaired) electrons. The molecule has 2 aromatic rings. The van der Waals surface area contributed by atoms with Crippen LogP contribution in [0.2, 0.25) is 0 Å². The van der Waals surface area contributed by atoms with E-state index in [1.165, 1.54) is 15.0 Å². The molecular formula is C11H12OS. The van der Waals surface area contributed by atoms with E-state index in [0.717, 1.165) is 0 Å². The molecule has 2 rings (SSSR count). The van der Waals surface area contributed by atoms with Gasteiger partial charge in [-0.15, -0.1) is 11.3 Å². The number of rotatable bonds is 2. The predicted octanol–water partition coefficient (Wildman–Crippen LogP) is 3.00. The predicted molar refractivity (Wildman–Crippen MR) is 57.3 cm³/mol. The fourth-order valence-electron chi connectivity index (χ4n) is 1.34. The summed E-state index contributed by atoms with van der Waals surface area (Å²) in [6, 6.07) is 10.5. The van der Waals surface area contributed by atoms with Crippen molar-refractivity contribution in [1.29, 1.82) is 0 Å². The van der Waals surface area contributed by atoms with Crippen LogP contribution in [0.3, 0.4) is 0 Å². The Bertz CT molecular complexity index is 372. The van der Waals surface area contributed by atoms with Crippen molar-refractivity contribution in [2.24, 2.45) is 0 Å². The maximum Gasteiger partial charge on any atom is 0.0504 e. The largest absolute Gasteiger partial charge is 0.396 e. The van der Waals surface area contributed by atoms with Crippen molar-refractivity contribution in [2.45, 2.75) is 12.8 Å². The third-order valence-corrected chi connectivity index (χ3v) is 3.55. The van der Waals surface area contributed by atoms with E-state index >= 15 is 0 Å². The van der Waals surface area contributed by atoms with Crippen LogP contribution in [0.15, 0.2) is 30.3 Å². The van der Waals surface area contributed by atoms with E-state index in [-0.39, 0.29) is 12.5 Å². The van der Waals surface area contributed by atoms with Gasteiger partial charge < -0.3 is 5.11 Å². The van der Waals surface area contributed by atoms with Crippen molar-refractivity contribution in [1.82, 2.24) is 0 Å². The minimum absolute atomic E-state index is 0.229. The zero-order chi connectivity index (χ0) is 9.26. The lowest BCUT2D eigenvalue weighted by atomic mass is 10.1. The second kappa shape index (κ2) is 3.48. The van der Waals surface area contributed by atoms with Crippen LogP contribution in [0.25, 0.3) is 10.1 Å². The van der Waals surface area contributed by atoms with Gasteiger partial charge in [0.05, 0.1) is 6.61 Å². The monoisotopic (exact) mass is 192 g/mol. The van der Waals surface area contributed by atoms with Crippen LogP contribution in [0.1, 0.15) is 17.7 Å². The molecule has 1 atom stereocenters.